The minimum absolute atomic E-state index is 0.00494. The average Bonchev–Trinajstić information content (AvgIpc) is 2.82. The van der Waals surface area contributed by atoms with E-state index in [4.69, 9.17) is 16.1 Å². The molecule has 1 heterocycles. The summed E-state index contributed by atoms with van der Waals surface area (Å²) in [5.41, 5.74) is 2.64. The highest BCUT2D eigenvalue weighted by Gasteiger charge is 2.24. The summed E-state index contributed by atoms with van der Waals surface area (Å²) in [6, 6.07) is 3.66. The van der Waals surface area contributed by atoms with Crippen LogP contribution in [0.1, 0.15) is 29.0 Å². The zero-order valence-electron chi connectivity index (χ0n) is 14.4. The van der Waals surface area contributed by atoms with Crippen molar-refractivity contribution in [3.05, 3.63) is 39.7 Å². The first-order valence-corrected chi connectivity index (χ1v) is 9.47. The second kappa shape index (κ2) is 7.55. The van der Waals surface area contributed by atoms with E-state index >= 15 is 0 Å². The highest BCUT2D eigenvalue weighted by atomic mass is 35.5. The first kappa shape index (κ1) is 19.4. The quantitative estimate of drug-likeness (QED) is 0.796. The Morgan fingerprint density at radius 1 is 1.24 bits per heavy atom. The summed E-state index contributed by atoms with van der Waals surface area (Å²) in [6.07, 6.45) is -0.0355. The number of hydrogen-bond donors (Lipinski definition) is 2. The van der Waals surface area contributed by atoms with Gasteiger partial charge in [-0.1, -0.05) is 22.8 Å². The second-order valence-corrected chi connectivity index (χ2v) is 7.90. The number of carbonyl (C=O) groups excluding carboxylic acids is 1. The predicted octanol–water partition coefficient (Wildman–Crippen LogP) is 2.87. The molecule has 1 amide bonds. The lowest BCUT2D eigenvalue weighted by Crippen LogP contribution is -2.28. The number of halogens is 1. The number of nitrogens with zero attached hydrogens (tertiary/aromatic N) is 1. The molecule has 0 atom stereocenters. The van der Waals surface area contributed by atoms with Crippen LogP contribution in [0, 0.1) is 27.7 Å². The number of aryl methyl sites for hydroxylation is 4. The van der Waals surface area contributed by atoms with Crippen molar-refractivity contribution in [2.75, 3.05) is 11.9 Å². The van der Waals surface area contributed by atoms with Gasteiger partial charge in [0.15, 0.2) is 5.76 Å². The third kappa shape index (κ3) is 4.59. The monoisotopic (exact) mass is 385 g/mol. The van der Waals surface area contributed by atoms with Gasteiger partial charge in [-0.25, -0.2) is 13.1 Å². The summed E-state index contributed by atoms with van der Waals surface area (Å²) in [6.45, 7) is 6.76. The topological polar surface area (TPSA) is 101 Å². The van der Waals surface area contributed by atoms with Crippen LogP contribution in [0.4, 0.5) is 5.69 Å². The molecule has 0 saturated heterocycles. The van der Waals surface area contributed by atoms with Crippen molar-refractivity contribution < 1.29 is 17.7 Å². The summed E-state index contributed by atoms with van der Waals surface area (Å²) in [4.78, 5) is 12.1. The number of benzene rings is 1. The lowest BCUT2D eigenvalue weighted by molar-refractivity contribution is -0.116. The van der Waals surface area contributed by atoms with Crippen LogP contribution in [-0.4, -0.2) is 26.0 Å². The van der Waals surface area contributed by atoms with Crippen LogP contribution in [0.25, 0.3) is 0 Å². The van der Waals surface area contributed by atoms with E-state index < -0.39 is 10.0 Å². The summed E-state index contributed by atoms with van der Waals surface area (Å²) in [7, 11) is -3.78. The molecule has 0 saturated carbocycles. The SMILES string of the molecule is Cc1cc(C)c(NC(=O)CCNS(=O)(=O)c2c(C)noc2C)c(Cl)c1. The second-order valence-electron chi connectivity index (χ2n) is 5.79. The molecule has 2 rings (SSSR count). The molecule has 0 unspecified atom stereocenters. The Balaban J connectivity index is 1.97. The van der Waals surface area contributed by atoms with Gasteiger partial charge in [-0.05, 0) is 44.9 Å². The van der Waals surface area contributed by atoms with Gasteiger partial charge >= 0.3 is 0 Å². The van der Waals surface area contributed by atoms with Crippen LogP contribution in [0.3, 0.4) is 0 Å². The lowest BCUT2D eigenvalue weighted by atomic mass is 10.1. The molecule has 0 fully saturated rings. The first-order valence-electron chi connectivity index (χ1n) is 7.61. The Morgan fingerprint density at radius 2 is 1.92 bits per heavy atom. The Bertz CT molecular complexity index is 864. The lowest BCUT2D eigenvalue weighted by Gasteiger charge is -2.12. The van der Waals surface area contributed by atoms with Crippen molar-refractivity contribution >= 4 is 33.2 Å². The first-order chi connectivity index (χ1) is 11.6. The molecular formula is C16H20ClN3O4S. The molecule has 0 spiro atoms. The van der Waals surface area contributed by atoms with Crippen molar-refractivity contribution in [3.63, 3.8) is 0 Å². The Labute approximate surface area is 151 Å². The third-order valence-corrected chi connectivity index (χ3v) is 5.58. The van der Waals surface area contributed by atoms with Crippen molar-refractivity contribution in [2.24, 2.45) is 0 Å². The number of aromatic nitrogens is 1. The Morgan fingerprint density at radius 3 is 2.48 bits per heavy atom. The minimum atomic E-state index is -3.78. The number of nitrogens with one attached hydrogen (secondary N) is 2. The minimum Gasteiger partial charge on any atom is -0.360 e. The van der Waals surface area contributed by atoms with Crippen LogP contribution in [0.15, 0.2) is 21.6 Å². The van der Waals surface area contributed by atoms with Gasteiger partial charge in [0.05, 0.1) is 10.7 Å². The molecule has 7 nitrogen and oxygen atoms in total. The van der Waals surface area contributed by atoms with E-state index in [0.29, 0.717) is 10.7 Å². The molecule has 0 bridgehead atoms. The fourth-order valence-corrected chi connectivity index (χ4v) is 4.23. The van der Waals surface area contributed by atoms with E-state index in [1.165, 1.54) is 6.92 Å². The zero-order chi connectivity index (χ0) is 18.8. The maximum Gasteiger partial charge on any atom is 0.245 e. The number of sulfonamides is 1. The van der Waals surface area contributed by atoms with Gasteiger partial charge in [-0.15, -0.1) is 0 Å². The van der Waals surface area contributed by atoms with Crippen LogP contribution < -0.4 is 10.0 Å². The van der Waals surface area contributed by atoms with Crippen molar-refractivity contribution in [2.45, 2.75) is 39.0 Å². The molecular weight excluding hydrogens is 366 g/mol. The number of carbonyl (C=O) groups is 1. The largest absolute Gasteiger partial charge is 0.360 e. The summed E-state index contributed by atoms with van der Waals surface area (Å²) in [5, 5.41) is 6.78. The van der Waals surface area contributed by atoms with Crippen molar-refractivity contribution in [1.82, 2.24) is 9.88 Å². The van der Waals surface area contributed by atoms with Crippen molar-refractivity contribution in [1.29, 1.82) is 0 Å². The van der Waals surface area contributed by atoms with Gasteiger partial charge in [0.25, 0.3) is 0 Å². The van der Waals surface area contributed by atoms with Crippen LogP contribution >= 0.6 is 11.6 Å². The van der Waals surface area contributed by atoms with E-state index in [9.17, 15) is 13.2 Å². The normalized spacial score (nSPS) is 11.6. The van der Waals surface area contributed by atoms with Crippen LogP contribution in [0.5, 0.6) is 0 Å². The summed E-state index contributed by atoms with van der Waals surface area (Å²) >= 11 is 6.14. The fraction of sp³-hybridized carbons (Fsp3) is 0.375. The molecule has 1 aromatic carbocycles. The van der Waals surface area contributed by atoms with E-state index in [-0.39, 0.29) is 35.2 Å². The Kier molecular flexibility index (Phi) is 5.87. The highest BCUT2D eigenvalue weighted by Crippen LogP contribution is 2.27. The maximum atomic E-state index is 12.3. The third-order valence-electron chi connectivity index (χ3n) is 3.58. The van der Waals surface area contributed by atoms with Gasteiger partial charge in [0.2, 0.25) is 15.9 Å². The van der Waals surface area contributed by atoms with E-state index in [1.807, 2.05) is 19.9 Å². The van der Waals surface area contributed by atoms with Crippen molar-refractivity contribution in [3.8, 4) is 0 Å². The van der Waals surface area contributed by atoms with Gasteiger partial charge in [0, 0.05) is 13.0 Å². The van der Waals surface area contributed by atoms with Crippen LogP contribution in [-0.2, 0) is 14.8 Å². The molecule has 0 radical (unpaired) electrons. The summed E-state index contributed by atoms with van der Waals surface area (Å²) < 4.78 is 31.8. The molecule has 1 aromatic heterocycles. The predicted molar refractivity (Wildman–Crippen MR) is 95.3 cm³/mol. The molecule has 9 heteroatoms. The van der Waals surface area contributed by atoms with E-state index in [0.717, 1.165) is 11.1 Å². The van der Waals surface area contributed by atoms with E-state index in [2.05, 4.69) is 15.2 Å². The Hall–Kier alpha value is -1.90. The van der Waals surface area contributed by atoms with Gasteiger partial charge < -0.3 is 9.84 Å². The zero-order valence-corrected chi connectivity index (χ0v) is 16.0. The summed E-state index contributed by atoms with van der Waals surface area (Å²) in [5.74, 6) is -0.133. The highest BCUT2D eigenvalue weighted by molar-refractivity contribution is 7.89. The van der Waals surface area contributed by atoms with E-state index in [1.54, 1.807) is 13.0 Å². The molecule has 0 aliphatic carbocycles. The van der Waals surface area contributed by atoms with Crippen LogP contribution in [0.2, 0.25) is 5.02 Å². The molecule has 2 N–H and O–H groups in total. The molecule has 2 aromatic rings. The standard InChI is InChI=1S/C16H20ClN3O4S/c1-9-7-10(2)15(13(17)8-9)19-14(21)5-6-18-25(22,23)16-11(3)20-24-12(16)4/h7-8,18H,5-6H2,1-4H3,(H,19,21). The smallest absolute Gasteiger partial charge is 0.245 e. The molecule has 0 aliphatic rings. The maximum absolute atomic E-state index is 12.3. The fourth-order valence-electron chi connectivity index (χ4n) is 2.51. The number of anilines is 1. The van der Waals surface area contributed by atoms with Gasteiger partial charge in [-0.3, -0.25) is 4.79 Å². The molecule has 136 valence electrons. The van der Waals surface area contributed by atoms with Gasteiger partial charge in [0.1, 0.15) is 10.6 Å². The number of rotatable bonds is 6. The van der Waals surface area contributed by atoms with Gasteiger partial charge in [-0.2, -0.15) is 0 Å². The average molecular weight is 386 g/mol. The number of amides is 1. The molecule has 0 aliphatic heterocycles. The number of hydrogen-bond acceptors (Lipinski definition) is 5. The molecule has 25 heavy (non-hydrogen) atoms.